The molecule has 3 N–H and O–H groups in total. The first-order valence-electron chi connectivity index (χ1n) is 4.14. The molecule has 4 heteroatoms. The minimum atomic E-state index is 0.116. The zero-order chi connectivity index (χ0) is 9.56. The van der Waals surface area contributed by atoms with Crippen molar-refractivity contribution in [3.63, 3.8) is 0 Å². The van der Waals surface area contributed by atoms with Gasteiger partial charge in [-0.25, -0.2) is 0 Å². The van der Waals surface area contributed by atoms with Crippen LogP contribution in [0.5, 0.6) is 0 Å². The standard InChI is InChI=1S/C8H18N2O2/c1-6(2)4-7(3)12-5-8(9)10-11/h6-7,11H,4-5H2,1-3H3,(H2,9,10). The van der Waals surface area contributed by atoms with E-state index in [9.17, 15) is 0 Å². The molecule has 72 valence electrons. The third kappa shape index (κ3) is 5.97. The first-order valence-corrected chi connectivity index (χ1v) is 4.14. The molecule has 12 heavy (non-hydrogen) atoms. The smallest absolute Gasteiger partial charge is 0.165 e. The van der Waals surface area contributed by atoms with E-state index in [0.717, 1.165) is 6.42 Å². The molecule has 0 spiro atoms. The third-order valence-corrected chi connectivity index (χ3v) is 1.45. The molecular weight excluding hydrogens is 156 g/mol. The lowest BCUT2D eigenvalue weighted by atomic mass is 10.1. The van der Waals surface area contributed by atoms with Gasteiger partial charge in [-0.15, -0.1) is 0 Å². The predicted molar refractivity (Wildman–Crippen MR) is 48.3 cm³/mol. The van der Waals surface area contributed by atoms with Crippen LogP contribution in [-0.4, -0.2) is 23.8 Å². The van der Waals surface area contributed by atoms with Crippen molar-refractivity contribution in [1.29, 1.82) is 0 Å². The molecule has 0 aromatic rings. The summed E-state index contributed by atoms with van der Waals surface area (Å²) in [7, 11) is 0. The summed E-state index contributed by atoms with van der Waals surface area (Å²) < 4.78 is 5.29. The highest BCUT2D eigenvalue weighted by atomic mass is 16.5. The summed E-state index contributed by atoms with van der Waals surface area (Å²) in [5.74, 6) is 0.720. The van der Waals surface area contributed by atoms with Crippen LogP contribution < -0.4 is 5.73 Å². The van der Waals surface area contributed by atoms with Gasteiger partial charge in [-0.3, -0.25) is 0 Å². The van der Waals surface area contributed by atoms with Gasteiger partial charge in [0.2, 0.25) is 0 Å². The van der Waals surface area contributed by atoms with Crippen LogP contribution in [-0.2, 0) is 4.74 Å². The molecule has 0 aromatic heterocycles. The SMILES string of the molecule is CC(C)CC(C)OC/C(N)=N/O. The van der Waals surface area contributed by atoms with E-state index in [1.54, 1.807) is 0 Å². The van der Waals surface area contributed by atoms with E-state index in [2.05, 4.69) is 19.0 Å². The van der Waals surface area contributed by atoms with E-state index in [-0.39, 0.29) is 18.5 Å². The second-order valence-electron chi connectivity index (χ2n) is 3.34. The highest BCUT2D eigenvalue weighted by Gasteiger charge is 2.05. The lowest BCUT2D eigenvalue weighted by Crippen LogP contribution is -2.23. The number of hydrogen-bond acceptors (Lipinski definition) is 3. The first-order chi connectivity index (χ1) is 5.56. The average molecular weight is 174 g/mol. The largest absolute Gasteiger partial charge is 0.409 e. The molecule has 4 nitrogen and oxygen atoms in total. The molecule has 0 amide bonds. The number of amidine groups is 1. The van der Waals surface area contributed by atoms with E-state index >= 15 is 0 Å². The Morgan fingerprint density at radius 3 is 2.50 bits per heavy atom. The number of ether oxygens (including phenoxy) is 1. The van der Waals surface area contributed by atoms with Crippen molar-refractivity contribution >= 4 is 5.84 Å². The van der Waals surface area contributed by atoms with Gasteiger partial charge in [-0.1, -0.05) is 19.0 Å². The summed E-state index contributed by atoms with van der Waals surface area (Å²) in [6.07, 6.45) is 1.14. The molecule has 0 rings (SSSR count). The molecule has 0 aromatic carbocycles. The second-order valence-corrected chi connectivity index (χ2v) is 3.34. The quantitative estimate of drug-likeness (QED) is 0.284. The fourth-order valence-electron chi connectivity index (χ4n) is 0.988. The van der Waals surface area contributed by atoms with Crippen molar-refractivity contribution in [2.45, 2.75) is 33.3 Å². The Kier molecular flexibility index (Phi) is 5.45. The fourth-order valence-corrected chi connectivity index (χ4v) is 0.988. The average Bonchev–Trinajstić information content (AvgIpc) is 1.99. The Morgan fingerprint density at radius 2 is 2.08 bits per heavy atom. The minimum Gasteiger partial charge on any atom is -0.409 e. The number of oxime groups is 1. The molecule has 0 saturated carbocycles. The maximum atomic E-state index is 8.21. The number of nitrogens with zero attached hydrogens (tertiary/aromatic N) is 1. The molecule has 0 fully saturated rings. The van der Waals surface area contributed by atoms with Crippen LogP contribution in [0.2, 0.25) is 0 Å². The van der Waals surface area contributed by atoms with E-state index in [0.29, 0.717) is 5.92 Å². The van der Waals surface area contributed by atoms with Crippen molar-refractivity contribution in [3.8, 4) is 0 Å². The van der Waals surface area contributed by atoms with Crippen LogP contribution in [0.1, 0.15) is 27.2 Å². The molecule has 0 heterocycles. The molecule has 0 saturated heterocycles. The Morgan fingerprint density at radius 1 is 1.50 bits per heavy atom. The Hall–Kier alpha value is -0.770. The minimum absolute atomic E-state index is 0.116. The highest BCUT2D eigenvalue weighted by Crippen LogP contribution is 2.06. The lowest BCUT2D eigenvalue weighted by Gasteiger charge is -2.14. The summed E-state index contributed by atoms with van der Waals surface area (Å²) in [5.41, 5.74) is 5.23. The van der Waals surface area contributed by atoms with Gasteiger partial charge < -0.3 is 15.7 Å². The number of hydrogen-bond donors (Lipinski definition) is 2. The van der Waals surface area contributed by atoms with E-state index in [4.69, 9.17) is 15.7 Å². The van der Waals surface area contributed by atoms with Crippen molar-refractivity contribution < 1.29 is 9.94 Å². The second kappa shape index (κ2) is 5.83. The van der Waals surface area contributed by atoms with Crippen LogP contribution in [0.3, 0.4) is 0 Å². The molecule has 0 aliphatic carbocycles. The molecule has 1 unspecified atom stereocenters. The van der Waals surface area contributed by atoms with Crippen LogP contribution in [0.25, 0.3) is 0 Å². The van der Waals surface area contributed by atoms with Crippen LogP contribution >= 0.6 is 0 Å². The lowest BCUT2D eigenvalue weighted by molar-refractivity contribution is 0.0777. The molecule has 0 aliphatic rings. The van der Waals surface area contributed by atoms with E-state index < -0.39 is 0 Å². The van der Waals surface area contributed by atoms with Gasteiger partial charge in [-0.2, -0.15) is 0 Å². The molecule has 1 atom stereocenters. The van der Waals surface area contributed by atoms with Crippen molar-refractivity contribution in [2.75, 3.05) is 6.61 Å². The maximum absolute atomic E-state index is 8.21. The molecule has 0 aliphatic heterocycles. The van der Waals surface area contributed by atoms with Gasteiger partial charge in [0.1, 0.15) is 6.61 Å². The van der Waals surface area contributed by atoms with Gasteiger partial charge in [0.05, 0.1) is 6.10 Å². The zero-order valence-corrected chi connectivity index (χ0v) is 7.95. The van der Waals surface area contributed by atoms with E-state index in [1.165, 1.54) is 0 Å². The van der Waals surface area contributed by atoms with Crippen LogP contribution in [0, 0.1) is 5.92 Å². The van der Waals surface area contributed by atoms with Crippen LogP contribution in [0.4, 0.5) is 0 Å². The topological polar surface area (TPSA) is 67.8 Å². The molecule has 0 radical (unpaired) electrons. The fraction of sp³-hybridized carbons (Fsp3) is 0.875. The summed E-state index contributed by atoms with van der Waals surface area (Å²) in [6, 6.07) is 0. The van der Waals surface area contributed by atoms with Gasteiger partial charge in [0, 0.05) is 0 Å². The highest BCUT2D eigenvalue weighted by molar-refractivity contribution is 5.80. The Bertz CT molecular complexity index is 146. The van der Waals surface area contributed by atoms with Crippen molar-refractivity contribution in [3.05, 3.63) is 0 Å². The normalized spacial score (nSPS) is 15.2. The van der Waals surface area contributed by atoms with Gasteiger partial charge in [0.25, 0.3) is 0 Å². The van der Waals surface area contributed by atoms with Gasteiger partial charge in [0.15, 0.2) is 5.84 Å². The molecular formula is C8H18N2O2. The maximum Gasteiger partial charge on any atom is 0.165 e. The zero-order valence-electron chi connectivity index (χ0n) is 7.95. The van der Waals surface area contributed by atoms with Crippen LogP contribution in [0.15, 0.2) is 5.16 Å². The summed E-state index contributed by atoms with van der Waals surface area (Å²) in [4.78, 5) is 0. The predicted octanol–water partition coefficient (Wildman–Crippen LogP) is 1.18. The van der Waals surface area contributed by atoms with Crippen molar-refractivity contribution in [2.24, 2.45) is 16.8 Å². The Balaban J connectivity index is 3.50. The van der Waals surface area contributed by atoms with E-state index in [1.807, 2.05) is 6.92 Å². The number of rotatable bonds is 5. The van der Waals surface area contributed by atoms with Gasteiger partial charge >= 0.3 is 0 Å². The first kappa shape index (κ1) is 11.2. The third-order valence-electron chi connectivity index (χ3n) is 1.45. The Labute approximate surface area is 73.4 Å². The monoisotopic (exact) mass is 174 g/mol. The van der Waals surface area contributed by atoms with Crippen molar-refractivity contribution in [1.82, 2.24) is 0 Å². The summed E-state index contributed by atoms with van der Waals surface area (Å²) >= 11 is 0. The van der Waals surface area contributed by atoms with Gasteiger partial charge in [-0.05, 0) is 19.3 Å². The molecule has 0 bridgehead atoms. The number of nitrogens with two attached hydrogens (primary N) is 1. The summed E-state index contributed by atoms with van der Waals surface area (Å²) in [5, 5.41) is 11.0. The summed E-state index contributed by atoms with van der Waals surface area (Å²) in [6.45, 7) is 6.43.